The molecule has 0 aromatic rings. The number of hydrogen-bond donors (Lipinski definition) is 0. The molecule has 328 valence electrons. The molecule has 0 aromatic heterocycles. The molecule has 0 fully saturated rings. The van der Waals surface area contributed by atoms with Gasteiger partial charge in [0.05, 0.1) is 27.7 Å². The first kappa shape index (κ1) is 54.7. The van der Waals surface area contributed by atoms with Gasteiger partial charge in [0.2, 0.25) is 0 Å². The summed E-state index contributed by atoms with van der Waals surface area (Å²) in [5.74, 6) is -0.935. The molecule has 0 heterocycles. The lowest BCUT2D eigenvalue weighted by Gasteiger charge is -2.28. The van der Waals surface area contributed by atoms with Crippen molar-refractivity contribution in [2.24, 2.45) is 0 Å². The van der Waals surface area contributed by atoms with Gasteiger partial charge in [0.15, 0.2) is 6.10 Å². The number of likely N-dealkylation sites (N-methyl/N-ethyl adjacent to an activating group) is 1. The van der Waals surface area contributed by atoms with Crippen LogP contribution in [0.3, 0.4) is 0 Å². The van der Waals surface area contributed by atoms with Crippen LogP contribution in [0.1, 0.15) is 129 Å². The Kier molecular flexibility index (Phi) is 36.9. The minimum absolute atomic E-state index is 0.0513. The number of phosphoric acid groups is 1. The van der Waals surface area contributed by atoms with Crippen LogP contribution in [0.25, 0.3) is 0 Å². The molecule has 0 aliphatic rings. The molecule has 0 saturated carbocycles. The van der Waals surface area contributed by atoms with E-state index < -0.39 is 32.5 Å². The van der Waals surface area contributed by atoms with E-state index in [0.717, 1.165) is 89.9 Å². The molecule has 0 radical (unpaired) electrons. The van der Waals surface area contributed by atoms with E-state index in [1.807, 2.05) is 21.1 Å². The van der Waals surface area contributed by atoms with Crippen molar-refractivity contribution in [2.45, 2.75) is 136 Å². The van der Waals surface area contributed by atoms with Crippen molar-refractivity contribution in [3.05, 3.63) is 109 Å². The topological polar surface area (TPSA) is 111 Å². The van der Waals surface area contributed by atoms with Gasteiger partial charge in [-0.3, -0.25) is 14.2 Å². The Morgan fingerprint density at radius 1 is 0.534 bits per heavy atom. The fourth-order valence-electron chi connectivity index (χ4n) is 4.96. The highest BCUT2D eigenvalue weighted by Crippen LogP contribution is 2.38. The molecule has 10 heteroatoms. The average molecular weight is 828 g/mol. The molecule has 0 rings (SSSR count). The van der Waals surface area contributed by atoms with E-state index in [2.05, 4.69) is 123 Å². The lowest BCUT2D eigenvalue weighted by Crippen LogP contribution is -2.37. The first-order chi connectivity index (χ1) is 28.0. The fraction of sp³-hybridized carbons (Fsp3) is 0.583. The molecule has 0 N–H and O–H groups in total. The number of phosphoric ester groups is 1. The summed E-state index contributed by atoms with van der Waals surface area (Å²) in [5, 5.41) is 0. The van der Waals surface area contributed by atoms with Gasteiger partial charge in [0, 0.05) is 12.8 Å². The van der Waals surface area contributed by atoms with Crippen LogP contribution in [0.15, 0.2) is 109 Å². The molecule has 9 nitrogen and oxygen atoms in total. The first-order valence-electron chi connectivity index (χ1n) is 21.6. The number of unbranched alkanes of at least 4 members (excludes halogenated alkanes) is 5. The zero-order valence-corrected chi connectivity index (χ0v) is 37.6. The Balaban J connectivity index is 4.53. The average Bonchev–Trinajstić information content (AvgIpc) is 3.17. The van der Waals surface area contributed by atoms with Crippen molar-refractivity contribution in [3.63, 3.8) is 0 Å². The maximum Gasteiger partial charge on any atom is 0.306 e. The monoisotopic (exact) mass is 828 g/mol. The SMILES string of the molecule is CC/C=C\C/C=C\C/C=C\C/C=C\C/C=C\CCCCCC(=O)O[C@H](COC(=O)CCCC/C=C\C/C=C\C/C=C\C/C=C\CC)COP(=O)([O-])OCC[N+](C)(C)C. The predicted octanol–water partition coefficient (Wildman–Crippen LogP) is 11.7. The van der Waals surface area contributed by atoms with Crippen molar-refractivity contribution >= 4 is 19.8 Å². The summed E-state index contributed by atoms with van der Waals surface area (Å²) in [6, 6.07) is 0. The zero-order chi connectivity index (χ0) is 42.8. The van der Waals surface area contributed by atoms with Gasteiger partial charge in [-0.05, 0) is 96.3 Å². The van der Waals surface area contributed by atoms with E-state index in [9.17, 15) is 19.0 Å². The van der Waals surface area contributed by atoms with Crippen molar-refractivity contribution < 1.29 is 42.1 Å². The van der Waals surface area contributed by atoms with Gasteiger partial charge in [-0.2, -0.15) is 0 Å². The van der Waals surface area contributed by atoms with Crippen LogP contribution in [-0.2, 0) is 32.7 Å². The maximum atomic E-state index is 12.7. The molecule has 58 heavy (non-hydrogen) atoms. The Hall–Kier alpha value is -3.33. The summed E-state index contributed by atoms with van der Waals surface area (Å²) in [6.07, 6.45) is 52.6. The summed E-state index contributed by atoms with van der Waals surface area (Å²) >= 11 is 0. The summed E-state index contributed by atoms with van der Waals surface area (Å²) < 4.78 is 33.8. The minimum Gasteiger partial charge on any atom is -0.756 e. The van der Waals surface area contributed by atoms with Crippen LogP contribution in [0.5, 0.6) is 0 Å². The molecule has 0 saturated heterocycles. The van der Waals surface area contributed by atoms with Crippen LogP contribution in [0.4, 0.5) is 0 Å². The van der Waals surface area contributed by atoms with E-state index in [1.165, 1.54) is 0 Å². The Labute approximate surface area is 353 Å². The Bertz CT molecular complexity index is 1350. The van der Waals surface area contributed by atoms with Crippen LogP contribution in [-0.4, -0.2) is 70.0 Å². The number of allylic oxidation sites excluding steroid dienone is 18. The van der Waals surface area contributed by atoms with E-state index in [4.69, 9.17) is 18.5 Å². The van der Waals surface area contributed by atoms with Crippen LogP contribution in [0, 0.1) is 0 Å². The molecule has 0 aromatic carbocycles. The van der Waals surface area contributed by atoms with Crippen molar-refractivity contribution in [1.82, 2.24) is 0 Å². The van der Waals surface area contributed by atoms with E-state index in [1.54, 1.807) is 0 Å². The number of rotatable bonds is 37. The Morgan fingerprint density at radius 3 is 1.38 bits per heavy atom. The number of carbonyl (C=O) groups is 2. The molecular formula is C48H78NO8P. The third kappa shape index (κ3) is 42.3. The second-order valence-electron chi connectivity index (χ2n) is 14.9. The molecule has 0 amide bonds. The lowest BCUT2D eigenvalue weighted by atomic mass is 10.1. The number of esters is 2. The second kappa shape index (κ2) is 39.1. The highest BCUT2D eigenvalue weighted by Gasteiger charge is 2.21. The fourth-order valence-corrected chi connectivity index (χ4v) is 5.69. The van der Waals surface area contributed by atoms with E-state index >= 15 is 0 Å². The second-order valence-corrected chi connectivity index (χ2v) is 16.4. The van der Waals surface area contributed by atoms with Gasteiger partial charge in [-0.15, -0.1) is 0 Å². The highest BCUT2D eigenvalue weighted by atomic mass is 31.2. The molecule has 0 spiro atoms. The maximum absolute atomic E-state index is 12.7. The first-order valence-corrected chi connectivity index (χ1v) is 23.1. The zero-order valence-electron chi connectivity index (χ0n) is 36.7. The van der Waals surface area contributed by atoms with Crippen molar-refractivity contribution in [1.29, 1.82) is 0 Å². The normalized spacial score (nSPS) is 14.7. The van der Waals surface area contributed by atoms with Gasteiger partial charge in [0.1, 0.15) is 19.8 Å². The van der Waals surface area contributed by atoms with Gasteiger partial charge in [0.25, 0.3) is 7.82 Å². The molecule has 0 aliphatic heterocycles. The van der Waals surface area contributed by atoms with Gasteiger partial charge < -0.3 is 27.9 Å². The third-order valence-electron chi connectivity index (χ3n) is 8.29. The summed E-state index contributed by atoms with van der Waals surface area (Å²) in [4.78, 5) is 37.5. The van der Waals surface area contributed by atoms with Crippen molar-refractivity contribution in [3.8, 4) is 0 Å². The minimum atomic E-state index is -4.65. The number of carbonyl (C=O) groups excluding carboxylic acids is 2. The number of quaternary nitrogens is 1. The van der Waals surface area contributed by atoms with E-state index in [0.29, 0.717) is 23.9 Å². The van der Waals surface area contributed by atoms with Crippen LogP contribution >= 0.6 is 7.82 Å². The number of nitrogens with zero attached hydrogens (tertiary/aromatic N) is 1. The predicted molar refractivity (Wildman–Crippen MR) is 240 cm³/mol. The largest absolute Gasteiger partial charge is 0.756 e. The van der Waals surface area contributed by atoms with Crippen LogP contribution in [0.2, 0.25) is 0 Å². The molecule has 2 atom stereocenters. The van der Waals surface area contributed by atoms with Gasteiger partial charge in [-0.25, -0.2) is 0 Å². The third-order valence-corrected chi connectivity index (χ3v) is 9.25. The van der Waals surface area contributed by atoms with E-state index in [-0.39, 0.29) is 26.1 Å². The number of hydrogen-bond acceptors (Lipinski definition) is 8. The van der Waals surface area contributed by atoms with Crippen LogP contribution < -0.4 is 4.89 Å². The summed E-state index contributed by atoms with van der Waals surface area (Å²) in [6.45, 7) is 3.87. The van der Waals surface area contributed by atoms with Gasteiger partial charge >= 0.3 is 11.9 Å². The molecule has 1 unspecified atom stereocenters. The summed E-state index contributed by atoms with van der Waals surface area (Å²) in [7, 11) is 1.10. The molecular weight excluding hydrogens is 750 g/mol. The Morgan fingerprint density at radius 2 is 0.931 bits per heavy atom. The van der Waals surface area contributed by atoms with Crippen molar-refractivity contribution in [2.75, 3.05) is 47.5 Å². The lowest BCUT2D eigenvalue weighted by molar-refractivity contribution is -0.870. The van der Waals surface area contributed by atoms with Gasteiger partial charge in [-0.1, -0.05) is 130 Å². The standard InChI is InChI=1S/C48H78NO8P/c1-6-8-10-12-14-16-18-20-22-23-24-25-27-29-31-33-35-37-39-41-48(51)57-46(45-56-58(52,53)55-43-42-49(3,4)5)44-54-47(50)40-38-36-34-32-30-28-26-21-19-17-15-13-11-9-7-2/h8-11,14-17,20-22,24-26,29-32,46H,6-7,12-13,18-19,23,27-28,33-45H2,1-5H3/b10-8-,11-9-,16-14-,17-15-,22-20-,25-24-,26-21-,31-29-,32-30-/t46-/m1/s1. The molecule has 0 bridgehead atoms. The number of ether oxygens (including phenoxy) is 2. The highest BCUT2D eigenvalue weighted by molar-refractivity contribution is 7.45. The smallest absolute Gasteiger partial charge is 0.306 e. The summed E-state index contributed by atoms with van der Waals surface area (Å²) in [5.41, 5.74) is 0. The molecule has 0 aliphatic carbocycles. The quantitative estimate of drug-likeness (QED) is 0.0200.